The van der Waals surface area contributed by atoms with E-state index >= 15 is 0 Å². The molecule has 0 fully saturated rings. The Morgan fingerprint density at radius 3 is 2.65 bits per heavy atom. The van der Waals surface area contributed by atoms with Gasteiger partial charge in [0, 0.05) is 28.0 Å². The lowest BCUT2D eigenvalue weighted by atomic mass is 9.99. The second-order valence-electron chi connectivity index (χ2n) is 4.91. The second-order valence-corrected chi connectivity index (χ2v) is 5.83. The fourth-order valence-corrected chi connectivity index (χ4v) is 2.88. The molecule has 0 unspecified atom stereocenters. The van der Waals surface area contributed by atoms with Crippen LogP contribution in [-0.4, -0.2) is 12.5 Å². The Labute approximate surface area is 126 Å². The molecule has 0 saturated heterocycles. The number of fused-ring (bicyclic) bond motifs is 1. The molecular weight excluding hydrogens is 316 g/mol. The van der Waals surface area contributed by atoms with Gasteiger partial charge in [0.15, 0.2) is 0 Å². The molecule has 0 aliphatic carbocycles. The summed E-state index contributed by atoms with van der Waals surface area (Å²) in [6, 6.07) is 13.2. The highest BCUT2D eigenvalue weighted by molar-refractivity contribution is 9.10. The van der Waals surface area contributed by atoms with E-state index in [0.717, 1.165) is 40.8 Å². The van der Waals surface area contributed by atoms with Crippen LogP contribution in [0.1, 0.15) is 22.3 Å². The zero-order valence-electron chi connectivity index (χ0n) is 11.0. The third-order valence-electron chi connectivity index (χ3n) is 3.62. The first-order valence-corrected chi connectivity index (χ1v) is 7.41. The fraction of sp³-hybridized carbons (Fsp3) is 0.188. The Bertz CT molecular complexity index is 652. The first-order valence-electron chi connectivity index (χ1n) is 6.61. The average Bonchev–Trinajstić information content (AvgIpc) is 2.47. The highest BCUT2D eigenvalue weighted by Gasteiger charge is 2.24. The number of nitrogens with zero attached hydrogens (tertiary/aromatic N) is 1. The van der Waals surface area contributed by atoms with Crippen LogP contribution in [0.2, 0.25) is 0 Å². The summed E-state index contributed by atoms with van der Waals surface area (Å²) in [5.74, 6) is 0.0315. The van der Waals surface area contributed by atoms with Gasteiger partial charge in [-0.25, -0.2) is 0 Å². The molecule has 2 aromatic rings. The van der Waals surface area contributed by atoms with Crippen LogP contribution in [-0.2, 0) is 6.42 Å². The van der Waals surface area contributed by atoms with Crippen LogP contribution in [0.3, 0.4) is 0 Å². The standard InChI is InChI=1S/C16H15BrN2O/c17-12-8-6-11(7-9-12)16(20)19-10-2-3-13-14(18)4-1-5-15(13)19/h1,4-9H,2-3,10,18H2. The minimum atomic E-state index is 0.0315. The molecule has 102 valence electrons. The van der Waals surface area contributed by atoms with Crippen molar-refractivity contribution in [2.45, 2.75) is 12.8 Å². The van der Waals surface area contributed by atoms with Crippen molar-refractivity contribution in [3.05, 3.63) is 58.1 Å². The summed E-state index contributed by atoms with van der Waals surface area (Å²) >= 11 is 3.38. The van der Waals surface area contributed by atoms with E-state index in [9.17, 15) is 4.79 Å². The van der Waals surface area contributed by atoms with Crippen LogP contribution < -0.4 is 10.6 Å². The summed E-state index contributed by atoms with van der Waals surface area (Å²) in [5, 5.41) is 0. The first kappa shape index (κ1) is 13.2. The fourth-order valence-electron chi connectivity index (χ4n) is 2.61. The molecule has 2 aromatic carbocycles. The van der Waals surface area contributed by atoms with Crippen molar-refractivity contribution in [2.75, 3.05) is 17.2 Å². The number of carbonyl (C=O) groups excluding carboxylic acids is 1. The second kappa shape index (κ2) is 5.29. The van der Waals surface area contributed by atoms with Crippen molar-refractivity contribution in [3.8, 4) is 0 Å². The Hall–Kier alpha value is -1.81. The molecule has 1 heterocycles. The predicted octanol–water partition coefficient (Wildman–Crippen LogP) is 3.62. The number of anilines is 2. The van der Waals surface area contributed by atoms with E-state index in [2.05, 4.69) is 15.9 Å². The third kappa shape index (κ3) is 2.31. The van der Waals surface area contributed by atoms with Crippen LogP contribution >= 0.6 is 15.9 Å². The zero-order valence-corrected chi connectivity index (χ0v) is 12.6. The maximum absolute atomic E-state index is 12.7. The van der Waals surface area contributed by atoms with Gasteiger partial charge in [0.05, 0.1) is 0 Å². The lowest BCUT2D eigenvalue weighted by Crippen LogP contribution is -2.35. The molecule has 1 aliphatic heterocycles. The molecular formula is C16H15BrN2O. The van der Waals surface area contributed by atoms with E-state index in [1.165, 1.54) is 0 Å². The number of nitrogen functional groups attached to an aromatic ring is 1. The topological polar surface area (TPSA) is 46.3 Å². The summed E-state index contributed by atoms with van der Waals surface area (Å²) < 4.78 is 0.970. The van der Waals surface area contributed by atoms with E-state index in [1.54, 1.807) is 0 Å². The quantitative estimate of drug-likeness (QED) is 0.811. The molecule has 0 aromatic heterocycles. The number of nitrogens with two attached hydrogens (primary N) is 1. The van der Waals surface area contributed by atoms with Gasteiger partial charge in [0.25, 0.3) is 5.91 Å². The van der Waals surface area contributed by atoms with Gasteiger partial charge in [-0.1, -0.05) is 22.0 Å². The summed E-state index contributed by atoms with van der Waals surface area (Å²) in [6.07, 6.45) is 1.88. The van der Waals surface area contributed by atoms with Crippen molar-refractivity contribution >= 4 is 33.2 Å². The van der Waals surface area contributed by atoms with Crippen molar-refractivity contribution in [1.29, 1.82) is 0 Å². The van der Waals surface area contributed by atoms with Crippen LogP contribution in [0.25, 0.3) is 0 Å². The lowest BCUT2D eigenvalue weighted by molar-refractivity contribution is 0.0985. The SMILES string of the molecule is Nc1cccc2c1CCCN2C(=O)c1ccc(Br)cc1. The number of carbonyl (C=O) groups is 1. The Kier molecular flexibility index (Phi) is 3.49. The Balaban J connectivity index is 1.98. The Morgan fingerprint density at radius 2 is 1.90 bits per heavy atom. The van der Waals surface area contributed by atoms with Gasteiger partial charge in [0.2, 0.25) is 0 Å². The van der Waals surface area contributed by atoms with Crippen LogP contribution in [0, 0.1) is 0 Å². The third-order valence-corrected chi connectivity index (χ3v) is 4.15. The van der Waals surface area contributed by atoms with E-state index in [0.29, 0.717) is 5.56 Å². The van der Waals surface area contributed by atoms with Crippen molar-refractivity contribution in [1.82, 2.24) is 0 Å². The Morgan fingerprint density at radius 1 is 1.15 bits per heavy atom. The van der Waals surface area contributed by atoms with E-state index in [-0.39, 0.29) is 5.91 Å². The van der Waals surface area contributed by atoms with Gasteiger partial charge in [-0.15, -0.1) is 0 Å². The normalized spacial score (nSPS) is 13.9. The van der Waals surface area contributed by atoms with Crippen LogP contribution in [0.4, 0.5) is 11.4 Å². The molecule has 2 N–H and O–H groups in total. The first-order chi connectivity index (χ1) is 9.66. The molecule has 0 radical (unpaired) electrons. The summed E-state index contributed by atoms with van der Waals surface area (Å²) in [4.78, 5) is 14.5. The molecule has 0 atom stereocenters. The van der Waals surface area contributed by atoms with Crippen molar-refractivity contribution in [2.24, 2.45) is 0 Å². The van der Waals surface area contributed by atoms with Crippen molar-refractivity contribution in [3.63, 3.8) is 0 Å². The number of rotatable bonds is 1. The molecule has 20 heavy (non-hydrogen) atoms. The van der Waals surface area contributed by atoms with E-state index in [4.69, 9.17) is 5.73 Å². The molecule has 0 bridgehead atoms. The van der Waals surface area contributed by atoms with E-state index in [1.807, 2.05) is 47.4 Å². The summed E-state index contributed by atoms with van der Waals surface area (Å²) in [6.45, 7) is 0.741. The van der Waals surface area contributed by atoms with Crippen molar-refractivity contribution < 1.29 is 4.79 Å². The largest absolute Gasteiger partial charge is 0.398 e. The number of benzene rings is 2. The molecule has 1 aliphatic rings. The maximum Gasteiger partial charge on any atom is 0.258 e. The molecule has 3 rings (SSSR count). The predicted molar refractivity (Wildman–Crippen MR) is 85.0 cm³/mol. The average molecular weight is 331 g/mol. The smallest absolute Gasteiger partial charge is 0.258 e. The van der Waals surface area contributed by atoms with Gasteiger partial charge in [-0.3, -0.25) is 4.79 Å². The maximum atomic E-state index is 12.7. The number of halogens is 1. The molecule has 0 spiro atoms. The molecule has 3 nitrogen and oxygen atoms in total. The minimum absolute atomic E-state index is 0.0315. The van der Waals surface area contributed by atoms with E-state index < -0.39 is 0 Å². The highest BCUT2D eigenvalue weighted by Crippen LogP contribution is 2.32. The highest BCUT2D eigenvalue weighted by atomic mass is 79.9. The van der Waals surface area contributed by atoms with Gasteiger partial charge >= 0.3 is 0 Å². The minimum Gasteiger partial charge on any atom is -0.398 e. The van der Waals surface area contributed by atoms with Gasteiger partial charge in [0.1, 0.15) is 0 Å². The van der Waals surface area contributed by atoms with Gasteiger partial charge in [-0.2, -0.15) is 0 Å². The lowest BCUT2D eigenvalue weighted by Gasteiger charge is -2.30. The number of amides is 1. The summed E-state index contributed by atoms with van der Waals surface area (Å²) in [7, 11) is 0. The summed E-state index contributed by atoms with van der Waals surface area (Å²) in [5.41, 5.74) is 9.53. The zero-order chi connectivity index (χ0) is 14.1. The molecule has 4 heteroatoms. The number of hydrogen-bond acceptors (Lipinski definition) is 2. The molecule has 0 saturated carbocycles. The van der Waals surface area contributed by atoms with Gasteiger partial charge in [-0.05, 0) is 54.8 Å². The van der Waals surface area contributed by atoms with Gasteiger partial charge < -0.3 is 10.6 Å². The number of hydrogen-bond donors (Lipinski definition) is 1. The van der Waals surface area contributed by atoms with Crippen LogP contribution in [0.15, 0.2) is 46.9 Å². The monoisotopic (exact) mass is 330 g/mol. The molecule has 1 amide bonds. The van der Waals surface area contributed by atoms with Crippen LogP contribution in [0.5, 0.6) is 0 Å².